The average molecular weight is 427 g/mol. The van der Waals surface area contributed by atoms with Gasteiger partial charge >= 0.3 is 11.9 Å². The number of carbonyl (C=O) groups is 4. The quantitative estimate of drug-likeness (QED) is 0.577. The molecule has 0 aromatic carbocycles. The zero-order chi connectivity index (χ0) is 22.9. The second-order valence-corrected chi connectivity index (χ2v) is 10.4. The Balaban J connectivity index is 2.44. The Morgan fingerprint density at radius 1 is 0.700 bits per heavy atom. The molecule has 8 nitrogen and oxygen atoms in total. The van der Waals surface area contributed by atoms with Crippen molar-refractivity contribution in [1.82, 2.24) is 10.6 Å². The Kier molecular flexibility index (Phi) is 9.78. The fraction of sp³-hybridized carbons (Fsp3) is 0.818. The predicted molar refractivity (Wildman–Crippen MR) is 112 cm³/mol. The van der Waals surface area contributed by atoms with Crippen molar-refractivity contribution in [2.24, 2.45) is 10.8 Å². The minimum absolute atomic E-state index is 0.168. The molecule has 30 heavy (non-hydrogen) atoms. The van der Waals surface area contributed by atoms with Gasteiger partial charge in [-0.2, -0.15) is 0 Å². The van der Waals surface area contributed by atoms with E-state index in [0.717, 1.165) is 12.8 Å². The number of amides is 2. The Bertz CT molecular complexity index is 564. The molecule has 2 N–H and O–H groups in total. The second kappa shape index (κ2) is 11.3. The molecule has 1 aliphatic carbocycles. The molecule has 2 amide bonds. The van der Waals surface area contributed by atoms with Gasteiger partial charge in [0.15, 0.2) is 0 Å². The molecule has 1 rings (SSSR count). The number of esters is 2. The number of rotatable bonds is 8. The molecule has 1 fully saturated rings. The second-order valence-electron chi connectivity index (χ2n) is 10.4. The van der Waals surface area contributed by atoms with Gasteiger partial charge in [-0.25, -0.2) is 0 Å². The lowest BCUT2D eigenvalue weighted by atomic mass is 9.92. The van der Waals surface area contributed by atoms with Crippen LogP contribution < -0.4 is 10.6 Å². The molecular weight excluding hydrogens is 388 g/mol. The minimum atomic E-state index is -0.552. The summed E-state index contributed by atoms with van der Waals surface area (Å²) in [6, 6.07) is 0. The van der Waals surface area contributed by atoms with Crippen molar-refractivity contribution >= 4 is 23.8 Å². The molecule has 172 valence electrons. The fourth-order valence-electron chi connectivity index (χ4n) is 3.18. The summed E-state index contributed by atoms with van der Waals surface area (Å²) in [7, 11) is 0. The maximum absolute atomic E-state index is 12.1. The first-order valence-electron chi connectivity index (χ1n) is 10.7. The van der Waals surface area contributed by atoms with Crippen LogP contribution in [0.3, 0.4) is 0 Å². The Hall–Kier alpha value is -2.12. The van der Waals surface area contributed by atoms with Crippen LogP contribution in [-0.4, -0.2) is 49.1 Å². The van der Waals surface area contributed by atoms with Gasteiger partial charge in [-0.1, -0.05) is 41.5 Å². The van der Waals surface area contributed by atoms with Crippen molar-refractivity contribution in [3.8, 4) is 0 Å². The summed E-state index contributed by atoms with van der Waals surface area (Å²) in [6.45, 7) is 11.2. The SMILES string of the molecule is CC(C)(C)CC(=O)NCC(=O)O[C@H]1CCCC[C@@H]1OC(=O)CNC(=O)CC(C)(C)C. The monoisotopic (exact) mass is 426 g/mol. The van der Waals surface area contributed by atoms with Gasteiger partial charge in [-0.3, -0.25) is 19.2 Å². The summed E-state index contributed by atoms with van der Waals surface area (Å²) in [6.07, 6.45) is 2.46. The van der Waals surface area contributed by atoms with E-state index in [4.69, 9.17) is 9.47 Å². The third-order valence-corrected chi connectivity index (χ3v) is 4.45. The van der Waals surface area contributed by atoms with Gasteiger partial charge in [0.25, 0.3) is 0 Å². The van der Waals surface area contributed by atoms with Crippen molar-refractivity contribution in [2.45, 2.75) is 92.3 Å². The highest BCUT2D eigenvalue weighted by atomic mass is 16.6. The van der Waals surface area contributed by atoms with E-state index in [0.29, 0.717) is 25.7 Å². The van der Waals surface area contributed by atoms with Crippen molar-refractivity contribution in [3.63, 3.8) is 0 Å². The number of carbonyl (C=O) groups excluding carboxylic acids is 4. The highest BCUT2D eigenvalue weighted by molar-refractivity contribution is 5.83. The smallest absolute Gasteiger partial charge is 0.325 e. The predicted octanol–water partition coefficient (Wildman–Crippen LogP) is 2.49. The molecule has 0 bridgehead atoms. The van der Waals surface area contributed by atoms with Gasteiger partial charge in [-0.15, -0.1) is 0 Å². The maximum Gasteiger partial charge on any atom is 0.325 e. The first-order chi connectivity index (χ1) is 13.7. The third kappa shape index (κ3) is 11.8. The molecule has 0 aromatic heterocycles. The summed E-state index contributed by atoms with van der Waals surface area (Å²) in [5.41, 5.74) is -0.335. The van der Waals surface area contributed by atoms with Crippen LogP contribution in [0.15, 0.2) is 0 Å². The van der Waals surface area contributed by atoms with Crippen LogP contribution in [0.5, 0.6) is 0 Å². The highest BCUT2D eigenvalue weighted by Crippen LogP contribution is 2.24. The molecule has 0 aliphatic heterocycles. The molecule has 0 radical (unpaired) electrons. The summed E-state index contributed by atoms with van der Waals surface area (Å²) in [4.78, 5) is 48.0. The van der Waals surface area contributed by atoms with Crippen molar-refractivity contribution < 1.29 is 28.7 Å². The first-order valence-corrected chi connectivity index (χ1v) is 10.7. The molecule has 1 aliphatic rings. The summed E-state index contributed by atoms with van der Waals surface area (Å²) in [5.74, 6) is -1.53. The van der Waals surface area contributed by atoms with Crippen LogP contribution >= 0.6 is 0 Å². The molecule has 0 aromatic rings. The number of ether oxygens (including phenoxy) is 2. The van der Waals surface area contributed by atoms with Crippen LogP contribution in [-0.2, 0) is 28.7 Å². The van der Waals surface area contributed by atoms with Crippen molar-refractivity contribution in [3.05, 3.63) is 0 Å². The van der Waals surface area contributed by atoms with E-state index in [1.54, 1.807) is 0 Å². The van der Waals surface area contributed by atoms with E-state index in [9.17, 15) is 19.2 Å². The van der Waals surface area contributed by atoms with Gasteiger partial charge in [0.1, 0.15) is 25.3 Å². The van der Waals surface area contributed by atoms with E-state index in [2.05, 4.69) is 10.6 Å². The van der Waals surface area contributed by atoms with E-state index < -0.39 is 24.1 Å². The van der Waals surface area contributed by atoms with Crippen LogP contribution in [0.25, 0.3) is 0 Å². The first kappa shape index (κ1) is 25.9. The van der Waals surface area contributed by atoms with Crippen LogP contribution in [0.1, 0.15) is 80.1 Å². The lowest BCUT2D eigenvalue weighted by Crippen LogP contribution is -2.42. The van der Waals surface area contributed by atoms with E-state index in [1.165, 1.54) is 0 Å². The number of hydrogen-bond acceptors (Lipinski definition) is 6. The largest absolute Gasteiger partial charge is 0.457 e. The van der Waals surface area contributed by atoms with Crippen molar-refractivity contribution in [1.29, 1.82) is 0 Å². The molecule has 0 spiro atoms. The molecule has 0 unspecified atom stereocenters. The average Bonchev–Trinajstić information content (AvgIpc) is 2.57. The molecule has 2 atom stereocenters. The lowest BCUT2D eigenvalue weighted by Gasteiger charge is -2.30. The van der Waals surface area contributed by atoms with Gasteiger partial charge < -0.3 is 20.1 Å². The van der Waals surface area contributed by atoms with Gasteiger partial charge in [0.2, 0.25) is 11.8 Å². The summed E-state index contributed by atoms with van der Waals surface area (Å²) >= 11 is 0. The zero-order valence-electron chi connectivity index (χ0n) is 19.3. The highest BCUT2D eigenvalue weighted by Gasteiger charge is 2.31. The van der Waals surface area contributed by atoms with Crippen molar-refractivity contribution in [2.75, 3.05) is 13.1 Å². The Labute approximate surface area is 179 Å². The van der Waals surface area contributed by atoms with Crippen LogP contribution in [0.4, 0.5) is 0 Å². The van der Waals surface area contributed by atoms with E-state index in [1.807, 2.05) is 41.5 Å². The Morgan fingerprint density at radius 2 is 1.03 bits per heavy atom. The van der Waals surface area contributed by atoms with E-state index >= 15 is 0 Å². The normalized spacial score (nSPS) is 19.5. The van der Waals surface area contributed by atoms with Gasteiger partial charge in [0.05, 0.1) is 0 Å². The van der Waals surface area contributed by atoms with Gasteiger partial charge in [0, 0.05) is 12.8 Å². The topological polar surface area (TPSA) is 111 Å². The lowest BCUT2D eigenvalue weighted by molar-refractivity contribution is -0.170. The molecule has 1 saturated carbocycles. The molecule has 0 saturated heterocycles. The molecule has 8 heteroatoms. The van der Waals surface area contributed by atoms with Crippen LogP contribution in [0, 0.1) is 10.8 Å². The fourth-order valence-corrected chi connectivity index (χ4v) is 3.18. The third-order valence-electron chi connectivity index (χ3n) is 4.45. The standard InChI is InChI=1S/C22H38N2O6/c1-21(2,3)11-17(25)23-13-19(27)29-15-9-7-8-10-16(15)30-20(28)14-24-18(26)12-22(4,5)6/h15-16H,7-14H2,1-6H3,(H,23,25)(H,24,26)/t15-,16-/m0/s1. The molecular formula is C22H38N2O6. The zero-order valence-corrected chi connectivity index (χ0v) is 19.3. The summed E-state index contributed by atoms with van der Waals surface area (Å²) in [5, 5.41) is 5.13. The maximum atomic E-state index is 12.1. The van der Waals surface area contributed by atoms with Gasteiger partial charge in [-0.05, 0) is 36.5 Å². The number of hydrogen-bond donors (Lipinski definition) is 2. The number of nitrogens with one attached hydrogen (secondary N) is 2. The minimum Gasteiger partial charge on any atom is -0.457 e. The Morgan fingerprint density at radius 3 is 1.33 bits per heavy atom. The summed E-state index contributed by atoms with van der Waals surface area (Å²) < 4.78 is 10.9. The molecule has 0 heterocycles. The van der Waals surface area contributed by atoms with E-state index in [-0.39, 0.29) is 35.7 Å². The van der Waals surface area contributed by atoms with Crippen LogP contribution in [0.2, 0.25) is 0 Å².